The van der Waals surface area contributed by atoms with E-state index in [0.717, 1.165) is 0 Å². The van der Waals surface area contributed by atoms with E-state index in [0.29, 0.717) is 15.6 Å². The quantitative estimate of drug-likeness (QED) is 0.731. The third kappa shape index (κ3) is 1.89. The number of thiophene rings is 1. The minimum absolute atomic E-state index is 0.128. The molecule has 2 heterocycles. The van der Waals surface area contributed by atoms with Gasteiger partial charge in [-0.2, -0.15) is 0 Å². The van der Waals surface area contributed by atoms with Crippen molar-refractivity contribution in [2.75, 3.05) is 7.11 Å². The molecule has 0 atom stereocenters. The summed E-state index contributed by atoms with van der Waals surface area (Å²) in [5, 5.41) is 8.18. The van der Waals surface area contributed by atoms with Crippen LogP contribution in [0.15, 0.2) is 18.3 Å². The lowest BCUT2D eigenvalue weighted by molar-refractivity contribution is 0.103. The molecule has 0 aliphatic carbocycles. The Bertz CT molecular complexity index is 489. The van der Waals surface area contributed by atoms with E-state index in [2.05, 4.69) is 10.3 Å². The Balaban J connectivity index is 2.28. The molecule has 0 radical (unpaired) electrons. The van der Waals surface area contributed by atoms with Crippen LogP contribution in [0, 0.1) is 0 Å². The number of hydrogen-bond donors (Lipinski definition) is 0. The maximum Gasteiger partial charge on any atom is 0.224 e. The summed E-state index contributed by atoms with van der Waals surface area (Å²) in [4.78, 5) is 12.4. The van der Waals surface area contributed by atoms with E-state index < -0.39 is 0 Å². The van der Waals surface area contributed by atoms with Crippen LogP contribution < -0.4 is 4.74 Å². The normalized spacial score (nSPS) is 10.3. The third-order valence-corrected chi connectivity index (χ3v) is 2.89. The highest BCUT2D eigenvalue weighted by molar-refractivity contribution is 7.16. The zero-order chi connectivity index (χ0) is 10.8. The summed E-state index contributed by atoms with van der Waals surface area (Å²) in [6.45, 7) is 0. The van der Waals surface area contributed by atoms with Crippen LogP contribution in [0.4, 0.5) is 0 Å². The summed E-state index contributed by atoms with van der Waals surface area (Å²) in [6.07, 6.45) is 1.59. The summed E-state index contributed by atoms with van der Waals surface area (Å²) in [5.74, 6) is -0.128. The Morgan fingerprint density at radius 1 is 1.53 bits per heavy atom. The minimum atomic E-state index is -0.128. The highest BCUT2D eigenvalue weighted by Crippen LogP contribution is 2.25. The first-order valence-corrected chi connectivity index (χ1v) is 5.07. The van der Waals surface area contributed by atoms with E-state index in [-0.39, 0.29) is 5.78 Å². The van der Waals surface area contributed by atoms with Gasteiger partial charge in [-0.3, -0.25) is 9.48 Å². The Hall–Kier alpha value is -1.69. The Kier molecular flexibility index (Phi) is 2.51. The van der Waals surface area contributed by atoms with Gasteiger partial charge in [0, 0.05) is 7.05 Å². The Labute approximate surface area is 90.3 Å². The molecule has 0 saturated carbocycles. The summed E-state index contributed by atoms with van der Waals surface area (Å²) in [5.41, 5.74) is 0.349. The molecule has 0 unspecified atom stereocenters. The van der Waals surface area contributed by atoms with Gasteiger partial charge in [-0.25, -0.2) is 0 Å². The first-order chi connectivity index (χ1) is 7.20. The van der Waals surface area contributed by atoms with Crippen LogP contribution >= 0.6 is 11.3 Å². The number of hydrogen-bond acceptors (Lipinski definition) is 5. The van der Waals surface area contributed by atoms with Crippen LogP contribution in [0.3, 0.4) is 0 Å². The molecule has 0 saturated heterocycles. The highest BCUT2D eigenvalue weighted by Gasteiger charge is 2.15. The van der Waals surface area contributed by atoms with E-state index in [1.165, 1.54) is 16.0 Å². The molecule has 0 N–H and O–H groups in total. The Morgan fingerprint density at radius 3 is 2.87 bits per heavy atom. The average Bonchev–Trinajstić information content (AvgIpc) is 2.84. The van der Waals surface area contributed by atoms with Crippen LogP contribution in [0.1, 0.15) is 15.4 Å². The van der Waals surface area contributed by atoms with Gasteiger partial charge in [0.05, 0.1) is 18.2 Å². The molecular weight excluding hydrogens is 214 g/mol. The lowest BCUT2D eigenvalue weighted by atomic mass is 10.2. The Morgan fingerprint density at radius 2 is 2.33 bits per heavy atom. The summed E-state index contributed by atoms with van der Waals surface area (Å²) < 4.78 is 6.51. The van der Waals surface area contributed by atoms with E-state index in [9.17, 15) is 4.79 Å². The topological polar surface area (TPSA) is 57.0 Å². The predicted octanol–water partition coefficient (Wildman–Crippen LogP) is 1.12. The highest BCUT2D eigenvalue weighted by atomic mass is 32.1. The molecule has 0 amide bonds. The SMILES string of the molecule is COc1ccc(C(=O)c2cn(C)nn2)s1. The molecule has 6 heteroatoms. The molecule has 0 bridgehead atoms. The number of carbonyl (C=O) groups excluding carboxylic acids is 1. The monoisotopic (exact) mass is 223 g/mol. The molecule has 0 aliphatic heterocycles. The zero-order valence-electron chi connectivity index (χ0n) is 8.30. The van der Waals surface area contributed by atoms with Gasteiger partial charge in [0.25, 0.3) is 0 Å². The summed E-state index contributed by atoms with van der Waals surface area (Å²) in [7, 11) is 3.29. The molecule has 0 spiro atoms. The van der Waals surface area contributed by atoms with Gasteiger partial charge >= 0.3 is 0 Å². The lowest BCUT2D eigenvalue weighted by Gasteiger charge is -1.91. The van der Waals surface area contributed by atoms with Crippen molar-refractivity contribution in [1.29, 1.82) is 0 Å². The number of carbonyl (C=O) groups is 1. The second kappa shape index (κ2) is 3.82. The van der Waals surface area contributed by atoms with Crippen molar-refractivity contribution in [3.63, 3.8) is 0 Å². The second-order valence-corrected chi connectivity index (χ2v) is 3.98. The number of methoxy groups -OCH3 is 1. The maximum absolute atomic E-state index is 11.8. The van der Waals surface area contributed by atoms with Crippen molar-refractivity contribution < 1.29 is 9.53 Å². The van der Waals surface area contributed by atoms with Crippen LogP contribution in [-0.2, 0) is 7.05 Å². The number of nitrogens with zero attached hydrogens (tertiary/aromatic N) is 3. The summed E-state index contributed by atoms with van der Waals surface area (Å²) in [6, 6.07) is 3.48. The van der Waals surface area contributed by atoms with Crippen LogP contribution in [0.2, 0.25) is 0 Å². The number of ketones is 1. The van der Waals surface area contributed by atoms with E-state index >= 15 is 0 Å². The fraction of sp³-hybridized carbons (Fsp3) is 0.222. The lowest BCUT2D eigenvalue weighted by Crippen LogP contribution is -1.98. The third-order valence-electron chi connectivity index (χ3n) is 1.84. The van der Waals surface area contributed by atoms with Crippen molar-refractivity contribution in [2.24, 2.45) is 7.05 Å². The van der Waals surface area contributed by atoms with Gasteiger partial charge < -0.3 is 4.74 Å². The summed E-state index contributed by atoms with van der Waals surface area (Å²) >= 11 is 1.30. The molecule has 5 nitrogen and oxygen atoms in total. The van der Waals surface area contributed by atoms with Gasteiger partial charge in [-0.1, -0.05) is 16.6 Å². The molecule has 2 rings (SSSR count). The molecule has 15 heavy (non-hydrogen) atoms. The molecule has 78 valence electrons. The fourth-order valence-corrected chi connectivity index (χ4v) is 1.90. The number of aryl methyl sites for hydroxylation is 1. The van der Waals surface area contributed by atoms with E-state index in [1.54, 1.807) is 32.5 Å². The van der Waals surface area contributed by atoms with E-state index in [1.807, 2.05) is 0 Å². The van der Waals surface area contributed by atoms with Crippen LogP contribution in [0.5, 0.6) is 5.06 Å². The largest absolute Gasteiger partial charge is 0.487 e. The van der Waals surface area contributed by atoms with Crippen molar-refractivity contribution in [1.82, 2.24) is 15.0 Å². The number of ether oxygens (including phenoxy) is 1. The minimum Gasteiger partial charge on any atom is -0.487 e. The van der Waals surface area contributed by atoms with Crippen LogP contribution in [-0.4, -0.2) is 27.9 Å². The van der Waals surface area contributed by atoms with Gasteiger partial charge in [-0.15, -0.1) is 5.10 Å². The molecule has 0 fully saturated rings. The first-order valence-electron chi connectivity index (χ1n) is 4.25. The maximum atomic E-state index is 11.8. The number of rotatable bonds is 3. The molecule has 0 aromatic carbocycles. The smallest absolute Gasteiger partial charge is 0.224 e. The molecule has 2 aromatic heterocycles. The van der Waals surface area contributed by atoms with Gasteiger partial charge in [0.2, 0.25) is 5.78 Å². The van der Waals surface area contributed by atoms with Gasteiger partial charge in [0.15, 0.2) is 10.8 Å². The fourth-order valence-electron chi connectivity index (χ4n) is 1.13. The van der Waals surface area contributed by atoms with Crippen molar-refractivity contribution in [3.05, 3.63) is 28.9 Å². The van der Waals surface area contributed by atoms with E-state index in [4.69, 9.17) is 4.74 Å². The van der Waals surface area contributed by atoms with Gasteiger partial charge in [-0.05, 0) is 12.1 Å². The first kappa shape index (κ1) is 9.85. The molecular formula is C9H9N3O2S. The standard InChI is InChI=1S/C9H9N3O2S/c1-12-5-6(10-11-12)9(13)7-3-4-8(14-2)15-7/h3-5H,1-2H3. The second-order valence-electron chi connectivity index (χ2n) is 2.93. The van der Waals surface area contributed by atoms with Crippen molar-refractivity contribution >= 4 is 17.1 Å². The molecule has 2 aromatic rings. The average molecular weight is 223 g/mol. The van der Waals surface area contributed by atoms with Crippen molar-refractivity contribution in [2.45, 2.75) is 0 Å². The predicted molar refractivity (Wildman–Crippen MR) is 55.3 cm³/mol. The van der Waals surface area contributed by atoms with Crippen LogP contribution in [0.25, 0.3) is 0 Å². The van der Waals surface area contributed by atoms with Crippen molar-refractivity contribution in [3.8, 4) is 5.06 Å². The zero-order valence-corrected chi connectivity index (χ0v) is 9.11. The van der Waals surface area contributed by atoms with Gasteiger partial charge in [0.1, 0.15) is 0 Å². The molecule has 0 aliphatic rings. The number of aromatic nitrogens is 3.